The van der Waals surface area contributed by atoms with E-state index in [0.717, 1.165) is 11.1 Å². The van der Waals surface area contributed by atoms with Crippen molar-refractivity contribution in [2.45, 2.75) is 32.9 Å². The molecule has 0 saturated carbocycles. The number of amides is 2. The lowest BCUT2D eigenvalue weighted by atomic mass is 10.0. The molecule has 0 spiro atoms. The van der Waals surface area contributed by atoms with Gasteiger partial charge in [0.15, 0.2) is 0 Å². The molecule has 0 radical (unpaired) electrons. The number of nitrogens with zero attached hydrogens (tertiary/aromatic N) is 2. The number of aryl methyl sites for hydroxylation is 1. The Morgan fingerprint density at radius 3 is 2.48 bits per heavy atom. The Balaban J connectivity index is 2.04. The summed E-state index contributed by atoms with van der Waals surface area (Å²) < 4.78 is 1.66. The quantitative estimate of drug-likeness (QED) is 0.667. The van der Waals surface area contributed by atoms with Crippen LogP contribution in [0, 0.1) is 5.92 Å². The van der Waals surface area contributed by atoms with Gasteiger partial charge < -0.3 is 16.2 Å². The van der Waals surface area contributed by atoms with Gasteiger partial charge in [-0.3, -0.25) is 14.3 Å². The molecule has 2 amide bonds. The summed E-state index contributed by atoms with van der Waals surface area (Å²) in [7, 11) is 0. The Hall–Kier alpha value is -2.67. The fourth-order valence-electron chi connectivity index (χ4n) is 2.35. The first kappa shape index (κ1) is 18.7. The number of carbonyl (C=O) groups is 2. The molecule has 1 aromatic carbocycles. The average Bonchev–Trinajstić information content (AvgIpc) is 3.06. The number of primary amides is 1. The fourth-order valence-corrected chi connectivity index (χ4v) is 2.35. The summed E-state index contributed by atoms with van der Waals surface area (Å²) in [5, 5.41) is 16.3. The zero-order chi connectivity index (χ0) is 18.4. The summed E-state index contributed by atoms with van der Waals surface area (Å²) >= 11 is 0. The van der Waals surface area contributed by atoms with E-state index in [0.29, 0.717) is 12.1 Å². The van der Waals surface area contributed by atoms with Gasteiger partial charge in [-0.05, 0) is 23.6 Å². The largest absolute Gasteiger partial charge is 0.394 e. The second kappa shape index (κ2) is 8.43. The third-order valence-electron chi connectivity index (χ3n) is 4.02. The van der Waals surface area contributed by atoms with Gasteiger partial charge in [-0.15, -0.1) is 0 Å². The van der Waals surface area contributed by atoms with Crippen LogP contribution < -0.4 is 11.1 Å². The average molecular weight is 344 g/mol. The van der Waals surface area contributed by atoms with Gasteiger partial charge >= 0.3 is 0 Å². The smallest absolute Gasteiger partial charge is 0.251 e. The fraction of sp³-hybridized carbons (Fsp3) is 0.389. The second-order valence-corrected chi connectivity index (χ2v) is 6.29. The zero-order valence-corrected chi connectivity index (χ0v) is 14.5. The van der Waals surface area contributed by atoms with Crippen molar-refractivity contribution in [3.8, 4) is 11.1 Å². The van der Waals surface area contributed by atoms with Gasteiger partial charge in [-0.1, -0.05) is 26.0 Å². The van der Waals surface area contributed by atoms with Crippen molar-refractivity contribution >= 4 is 11.8 Å². The van der Waals surface area contributed by atoms with Crippen molar-refractivity contribution in [2.75, 3.05) is 6.61 Å². The number of hydrogen-bond donors (Lipinski definition) is 3. The SMILES string of the molecule is CC(C)[C@@H](CO)NC(=O)c1ccc(-c2cnn(CCC(N)=O)c2)cc1. The summed E-state index contributed by atoms with van der Waals surface area (Å²) in [5.74, 6) is -0.425. The van der Waals surface area contributed by atoms with E-state index >= 15 is 0 Å². The van der Waals surface area contributed by atoms with Crippen LogP contribution in [0.1, 0.15) is 30.6 Å². The van der Waals surface area contributed by atoms with E-state index in [4.69, 9.17) is 5.73 Å². The first-order valence-corrected chi connectivity index (χ1v) is 8.23. The third kappa shape index (κ3) is 5.15. The number of nitrogens with two attached hydrogens (primary N) is 1. The molecule has 1 atom stereocenters. The van der Waals surface area contributed by atoms with Crippen LogP contribution in [-0.4, -0.2) is 39.4 Å². The number of hydrogen-bond acceptors (Lipinski definition) is 4. The van der Waals surface area contributed by atoms with Crippen molar-refractivity contribution in [3.05, 3.63) is 42.2 Å². The number of nitrogens with one attached hydrogen (secondary N) is 1. The van der Waals surface area contributed by atoms with E-state index in [1.807, 2.05) is 32.2 Å². The Bertz CT molecular complexity index is 722. The molecule has 1 heterocycles. The first-order valence-electron chi connectivity index (χ1n) is 8.23. The van der Waals surface area contributed by atoms with Crippen LogP contribution in [0.5, 0.6) is 0 Å². The topological polar surface area (TPSA) is 110 Å². The van der Waals surface area contributed by atoms with Crippen molar-refractivity contribution in [1.29, 1.82) is 0 Å². The minimum atomic E-state index is -0.366. The monoisotopic (exact) mass is 344 g/mol. The van der Waals surface area contributed by atoms with Gasteiger partial charge in [-0.25, -0.2) is 0 Å². The second-order valence-electron chi connectivity index (χ2n) is 6.29. The van der Waals surface area contributed by atoms with Gasteiger partial charge in [0, 0.05) is 30.3 Å². The maximum absolute atomic E-state index is 12.2. The molecule has 1 aromatic heterocycles. The molecule has 2 aromatic rings. The Labute approximate surface area is 146 Å². The zero-order valence-electron chi connectivity index (χ0n) is 14.5. The van der Waals surface area contributed by atoms with Gasteiger partial charge in [0.25, 0.3) is 5.91 Å². The first-order chi connectivity index (χ1) is 11.9. The number of aliphatic hydroxyl groups excluding tert-OH is 1. The predicted octanol–water partition coefficient (Wildman–Crippen LogP) is 1.17. The predicted molar refractivity (Wildman–Crippen MR) is 94.7 cm³/mol. The molecule has 4 N–H and O–H groups in total. The van der Waals surface area contributed by atoms with E-state index in [1.165, 1.54) is 0 Å². The minimum Gasteiger partial charge on any atom is -0.394 e. The van der Waals surface area contributed by atoms with Crippen molar-refractivity contribution in [1.82, 2.24) is 15.1 Å². The van der Waals surface area contributed by atoms with E-state index in [9.17, 15) is 14.7 Å². The van der Waals surface area contributed by atoms with Crippen LogP contribution in [0.25, 0.3) is 11.1 Å². The summed E-state index contributed by atoms with van der Waals surface area (Å²) in [6, 6.07) is 6.89. The van der Waals surface area contributed by atoms with E-state index in [-0.39, 0.29) is 36.8 Å². The van der Waals surface area contributed by atoms with E-state index in [1.54, 1.807) is 23.0 Å². The number of carbonyl (C=O) groups excluding carboxylic acids is 2. The highest BCUT2D eigenvalue weighted by atomic mass is 16.3. The normalized spacial score (nSPS) is 12.2. The highest BCUT2D eigenvalue weighted by Crippen LogP contribution is 2.19. The lowest BCUT2D eigenvalue weighted by molar-refractivity contribution is -0.118. The van der Waals surface area contributed by atoms with Crippen LogP contribution in [-0.2, 0) is 11.3 Å². The van der Waals surface area contributed by atoms with Gasteiger partial charge in [0.1, 0.15) is 0 Å². The molecule has 0 unspecified atom stereocenters. The summed E-state index contributed by atoms with van der Waals surface area (Å²) in [4.78, 5) is 23.1. The van der Waals surface area contributed by atoms with Crippen LogP contribution in [0.15, 0.2) is 36.7 Å². The molecule has 0 aliphatic carbocycles. The highest BCUT2D eigenvalue weighted by molar-refractivity contribution is 5.94. The maximum Gasteiger partial charge on any atom is 0.251 e. The van der Waals surface area contributed by atoms with Crippen molar-refractivity contribution in [2.24, 2.45) is 11.7 Å². The van der Waals surface area contributed by atoms with E-state index in [2.05, 4.69) is 10.4 Å². The number of benzene rings is 1. The summed E-state index contributed by atoms with van der Waals surface area (Å²) in [6.07, 6.45) is 3.78. The van der Waals surface area contributed by atoms with Gasteiger partial charge in [-0.2, -0.15) is 5.10 Å². The third-order valence-corrected chi connectivity index (χ3v) is 4.02. The molecule has 0 saturated heterocycles. The van der Waals surface area contributed by atoms with Gasteiger partial charge in [0.2, 0.25) is 5.91 Å². The Kier molecular flexibility index (Phi) is 6.30. The van der Waals surface area contributed by atoms with Crippen LogP contribution in [0.2, 0.25) is 0 Å². The number of aromatic nitrogens is 2. The Morgan fingerprint density at radius 1 is 1.24 bits per heavy atom. The number of rotatable bonds is 8. The molecule has 134 valence electrons. The molecular weight excluding hydrogens is 320 g/mol. The van der Waals surface area contributed by atoms with Crippen LogP contribution >= 0.6 is 0 Å². The molecule has 7 heteroatoms. The minimum absolute atomic E-state index is 0.0913. The lowest BCUT2D eigenvalue weighted by Crippen LogP contribution is -2.41. The standard InChI is InChI=1S/C18H24N4O3/c1-12(2)16(11-23)21-18(25)14-5-3-13(4-6-14)15-9-20-22(10-15)8-7-17(19)24/h3-6,9-10,12,16,23H,7-8,11H2,1-2H3,(H2,19,24)(H,21,25)/t16-/m1/s1. The molecule has 0 aliphatic heterocycles. The molecular formula is C18H24N4O3. The Morgan fingerprint density at radius 2 is 1.92 bits per heavy atom. The van der Waals surface area contributed by atoms with Gasteiger partial charge in [0.05, 0.1) is 18.8 Å². The molecule has 25 heavy (non-hydrogen) atoms. The lowest BCUT2D eigenvalue weighted by Gasteiger charge is -2.19. The number of aliphatic hydroxyl groups is 1. The molecule has 0 aliphatic rings. The van der Waals surface area contributed by atoms with E-state index < -0.39 is 0 Å². The van der Waals surface area contributed by atoms with Crippen molar-refractivity contribution in [3.63, 3.8) is 0 Å². The summed E-state index contributed by atoms with van der Waals surface area (Å²) in [5.41, 5.74) is 7.48. The molecule has 0 bridgehead atoms. The van der Waals surface area contributed by atoms with Crippen LogP contribution in [0.3, 0.4) is 0 Å². The molecule has 0 fully saturated rings. The molecule has 7 nitrogen and oxygen atoms in total. The maximum atomic E-state index is 12.2. The van der Waals surface area contributed by atoms with Crippen molar-refractivity contribution < 1.29 is 14.7 Å². The highest BCUT2D eigenvalue weighted by Gasteiger charge is 2.16. The summed E-state index contributed by atoms with van der Waals surface area (Å²) in [6.45, 7) is 4.24. The molecule has 2 rings (SSSR count). The van der Waals surface area contributed by atoms with Crippen LogP contribution in [0.4, 0.5) is 0 Å².